The molecule has 0 unspecified atom stereocenters. The molecule has 0 radical (unpaired) electrons. The van der Waals surface area contributed by atoms with Gasteiger partial charge in [-0.25, -0.2) is 18.1 Å². The Labute approximate surface area is 130 Å². The lowest BCUT2D eigenvalue weighted by Crippen LogP contribution is -2.23. The average molecular weight is 352 g/mol. The molecule has 0 bridgehead atoms. The van der Waals surface area contributed by atoms with Crippen LogP contribution in [-0.2, 0) is 16.6 Å². The highest BCUT2D eigenvalue weighted by Gasteiger charge is 2.20. The Bertz CT molecular complexity index is 744. The van der Waals surface area contributed by atoms with Crippen molar-refractivity contribution in [2.45, 2.75) is 18.4 Å². The monoisotopic (exact) mass is 351 g/mol. The van der Waals surface area contributed by atoms with Crippen LogP contribution in [0.1, 0.15) is 9.88 Å². The van der Waals surface area contributed by atoms with Gasteiger partial charge in [0.25, 0.3) is 0 Å². The van der Waals surface area contributed by atoms with Gasteiger partial charge in [-0.3, -0.25) is 0 Å². The standard InChI is InChI=1S/C11H11Cl2N3O2S2/c1-6-15-4-7(19-6)5-16-20(17,18)9-3-2-8(12)11(14)10(9)13/h2-4,16H,5,14H2,1H3. The van der Waals surface area contributed by atoms with E-state index in [9.17, 15) is 8.42 Å². The number of aromatic nitrogens is 1. The zero-order valence-electron chi connectivity index (χ0n) is 10.4. The maximum absolute atomic E-state index is 12.2. The van der Waals surface area contributed by atoms with Crippen LogP contribution in [-0.4, -0.2) is 13.4 Å². The Morgan fingerprint density at radius 1 is 1.40 bits per heavy atom. The molecule has 0 spiro atoms. The number of thiazole rings is 1. The van der Waals surface area contributed by atoms with Gasteiger partial charge in [0, 0.05) is 17.6 Å². The molecule has 5 nitrogen and oxygen atoms in total. The fourth-order valence-corrected chi connectivity index (χ4v) is 4.08. The van der Waals surface area contributed by atoms with E-state index in [1.807, 2.05) is 6.92 Å². The summed E-state index contributed by atoms with van der Waals surface area (Å²) in [5, 5.41) is 1.01. The van der Waals surface area contributed by atoms with E-state index in [2.05, 4.69) is 9.71 Å². The first kappa shape index (κ1) is 15.5. The van der Waals surface area contributed by atoms with Gasteiger partial charge >= 0.3 is 0 Å². The quantitative estimate of drug-likeness (QED) is 0.829. The average Bonchev–Trinajstić information content (AvgIpc) is 2.79. The second kappa shape index (κ2) is 5.87. The van der Waals surface area contributed by atoms with Crippen molar-refractivity contribution >= 4 is 50.2 Å². The number of hydrogen-bond acceptors (Lipinski definition) is 5. The van der Waals surface area contributed by atoms with Crippen molar-refractivity contribution in [2.75, 3.05) is 5.73 Å². The Morgan fingerprint density at radius 3 is 2.70 bits per heavy atom. The molecular weight excluding hydrogens is 341 g/mol. The number of nitrogen functional groups attached to an aromatic ring is 1. The second-order valence-electron chi connectivity index (χ2n) is 3.94. The van der Waals surface area contributed by atoms with Crippen LogP contribution in [0.15, 0.2) is 23.2 Å². The molecule has 1 aromatic carbocycles. The number of halogens is 2. The van der Waals surface area contributed by atoms with Crippen LogP contribution in [0.5, 0.6) is 0 Å². The van der Waals surface area contributed by atoms with Crippen molar-refractivity contribution in [3.8, 4) is 0 Å². The second-order valence-corrected chi connectivity index (χ2v) is 7.78. The normalized spacial score (nSPS) is 11.8. The summed E-state index contributed by atoms with van der Waals surface area (Å²) in [6.07, 6.45) is 1.63. The third-order valence-electron chi connectivity index (χ3n) is 2.49. The molecule has 0 fully saturated rings. The van der Waals surface area contributed by atoms with Crippen LogP contribution >= 0.6 is 34.5 Å². The van der Waals surface area contributed by atoms with E-state index < -0.39 is 10.0 Å². The summed E-state index contributed by atoms with van der Waals surface area (Å²) in [7, 11) is -3.76. The molecule has 0 atom stereocenters. The van der Waals surface area contributed by atoms with Crippen molar-refractivity contribution in [1.29, 1.82) is 0 Å². The largest absolute Gasteiger partial charge is 0.396 e. The van der Waals surface area contributed by atoms with Crippen LogP contribution in [0, 0.1) is 6.92 Å². The molecule has 108 valence electrons. The summed E-state index contributed by atoms with van der Waals surface area (Å²) in [6, 6.07) is 2.72. The summed E-state index contributed by atoms with van der Waals surface area (Å²) in [6.45, 7) is 1.99. The summed E-state index contributed by atoms with van der Waals surface area (Å²) in [5.41, 5.74) is 5.67. The van der Waals surface area contributed by atoms with E-state index in [0.717, 1.165) is 9.88 Å². The maximum atomic E-state index is 12.2. The summed E-state index contributed by atoms with van der Waals surface area (Å²) >= 11 is 13.1. The molecule has 20 heavy (non-hydrogen) atoms. The van der Waals surface area contributed by atoms with E-state index in [0.29, 0.717) is 0 Å². The minimum atomic E-state index is -3.76. The van der Waals surface area contributed by atoms with Crippen LogP contribution in [0.4, 0.5) is 5.69 Å². The number of aryl methyl sites for hydroxylation is 1. The first-order valence-electron chi connectivity index (χ1n) is 5.45. The smallest absolute Gasteiger partial charge is 0.242 e. The van der Waals surface area contributed by atoms with Crippen molar-refractivity contribution in [3.63, 3.8) is 0 Å². The number of nitrogens with two attached hydrogens (primary N) is 1. The van der Waals surface area contributed by atoms with E-state index in [1.54, 1.807) is 6.20 Å². The molecule has 0 aliphatic rings. The molecule has 2 aromatic rings. The highest BCUT2D eigenvalue weighted by molar-refractivity contribution is 7.89. The van der Waals surface area contributed by atoms with E-state index in [-0.39, 0.29) is 27.2 Å². The zero-order chi connectivity index (χ0) is 14.9. The summed E-state index contributed by atoms with van der Waals surface area (Å²) in [4.78, 5) is 4.77. The molecule has 1 aromatic heterocycles. The Balaban J connectivity index is 2.25. The number of nitrogens with zero attached hydrogens (tertiary/aromatic N) is 1. The third-order valence-corrected chi connectivity index (χ3v) is 5.69. The lowest BCUT2D eigenvalue weighted by Gasteiger charge is -2.09. The number of sulfonamides is 1. The Kier molecular flexibility index (Phi) is 4.55. The van der Waals surface area contributed by atoms with Gasteiger partial charge in [-0.1, -0.05) is 23.2 Å². The SMILES string of the molecule is Cc1ncc(CNS(=O)(=O)c2ccc(Cl)c(N)c2Cl)s1. The molecule has 3 N–H and O–H groups in total. The van der Waals surface area contributed by atoms with Gasteiger partial charge in [0.15, 0.2) is 0 Å². The van der Waals surface area contributed by atoms with Gasteiger partial charge in [-0.15, -0.1) is 11.3 Å². The van der Waals surface area contributed by atoms with E-state index in [4.69, 9.17) is 28.9 Å². The van der Waals surface area contributed by atoms with Gasteiger partial charge in [0.05, 0.1) is 20.7 Å². The molecule has 0 amide bonds. The zero-order valence-corrected chi connectivity index (χ0v) is 13.5. The molecule has 2 rings (SSSR count). The van der Waals surface area contributed by atoms with Crippen molar-refractivity contribution in [1.82, 2.24) is 9.71 Å². The van der Waals surface area contributed by atoms with E-state index in [1.165, 1.54) is 23.5 Å². The summed E-state index contributed by atoms with van der Waals surface area (Å²) in [5.74, 6) is 0. The first-order chi connectivity index (χ1) is 9.31. The van der Waals surface area contributed by atoms with E-state index >= 15 is 0 Å². The predicted octanol–water partition coefficient (Wildman–Crippen LogP) is 2.82. The number of benzene rings is 1. The van der Waals surface area contributed by atoms with Crippen molar-refractivity contribution in [3.05, 3.63) is 38.3 Å². The minimum absolute atomic E-state index is 0.0462. The Hall–Kier alpha value is -0.860. The maximum Gasteiger partial charge on any atom is 0.242 e. The summed E-state index contributed by atoms with van der Waals surface area (Å²) < 4.78 is 26.8. The number of nitrogens with one attached hydrogen (secondary N) is 1. The number of rotatable bonds is 4. The van der Waals surface area contributed by atoms with Crippen molar-refractivity contribution < 1.29 is 8.42 Å². The predicted molar refractivity (Wildman–Crippen MR) is 81.8 cm³/mol. The fraction of sp³-hybridized carbons (Fsp3) is 0.182. The highest BCUT2D eigenvalue weighted by atomic mass is 35.5. The first-order valence-corrected chi connectivity index (χ1v) is 8.51. The highest BCUT2D eigenvalue weighted by Crippen LogP contribution is 2.33. The number of hydrogen-bond donors (Lipinski definition) is 2. The van der Waals surface area contributed by atoms with Crippen LogP contribution in [0.25, 0.3) is 0 Å². The van der Waals surface area contributed by atoms with Crippen LogP contribution in [0.2, 0.25) is 10.0 Å². The molecule has 1 heterocycles. The number of anilines is 1. The molecule has 9 heteroatoms. The fourth-order valence-electron chi connectivity index (χ4n) is 1.49. The van der Waals surface area contributed by atoms with Gasteiger partial charge in [-0.05, 0) is 19.1 Å². The molecule has 0 saturated carbocycles. The Morgan fingerprint density at radius 2 is 2.10 bits per heavy atom. The van der Waals surface area contributed by atoms with Crippen LogP contribution < -0.4 is 10.5 Å². The van der Waals surface area contributed by atoms with Gasteiger partial charge in [-0.2, -0.15) is 0 Å². The van der Waals surface area contributed by atoms with Crippen molar-refractivity contribution in [2.24, 2.45) is 0 Å². The van der Waals surface area contributed by atoms with Crippen LogP contribution in [0.3, 0.4) is 0 Å². The third kappa shape index (κ3) is 3.24. The molecule has 0 aliphatic heterocycles. The lowest BCUT2D eigenvalue weighted by molar-refractivity contribution is 0.582. The molecule has 0 aliphatic carbocycles. The van der Waals surface area contributed by atoms with Gasteiger partial charge < -0.3 is 5.73 Å². The lowest BCUT2D eigenvalue weighted by atomic mass is 10.3. The topological polar surface area (TPSA) is 85.1 Å². The molecule has 0 saturated heterocycles. The van der Waals surface area contributed by atoms with Gasteiger partial charge in [0.2, 0.25) is 10.0 Å². The van der Waals surface area contributed by atoms with Gasteiger partial charge in [0.1, 0.15) is 4.90 Å². The molecular formula is C11H11Cl2N3O2S2. The minimum Gasteiger partial charge on any atom is -0.396 e.